The molecule has 0 aromatic heterocycles. The van der Waals surface area contributed by atoms with Gasteiger partial charge in [0, 0.05) is 16.8 Å². The predicted octanol–water partition coefficient (Wildman–Crippen LogP) is 3.20. The Morgan fingerprint density at radius 3 is 2.58 bits per heavy atom. The summed E-state index contributed by atoms with van der Waals surface area (Å²) in [6.45, 7) is -0.0954. The van der Waals surface area contributed by atoms with Crippen molar-refractivity contribution in [2.24, 2.45) is 4.99 Å². The first kappa shape index (κ1) is 13.6. The Bertz CT molecular complexity index is 570. The summed E-state index contributed by atoms with van der Waals surface area (Å²) in [7, 11) is 0. The SMILES string of the molecule is OC[C@@H](N=Cc1cc(Cl)ccc1O)c1ccccc1. The van der Waals surface area contributed by atoms with Crippen LogP contribution in [0.4, 0.5) is 0 Å². The zero-order valence-corrected chi connectivity index (χ0v) is 11.0. The highest BCUT2D eigenvalue weighted by atomic mass is 35.5. The number of nitrogens with zero attached hydrogens (tertiary/aromatic N) is 1. The van der Waals surface area contributed by atoms with E-state index in [-0.39, 0.29) is 18.4 Å². The van der Waals surface area contributed by atoms with Crippen LogP contribution in [0.2, 0.25) is 5.02 Å². The summed E-state index contributed by atoms with van der Waals surface area (Å²) in [6, 6.07) is 13.9. The van der Waals surface area contributed by atoms with Gasteiger partial charge in [0.25, 0.3) is 0 Å². The highest BCUT2D eigenvalue weighted by molar-refractivity contribution is 6.30. The van der Waals surface area contributed by atoms with Crippen LogP contribution in [0.1, 0.15) is 17.2 Å². The molecule has 0 spiro atoms. The van der Waals surface area contributed by atoms with E-state index in [1.54, 1.807) is 12.1 Å². The van der Waals surface area contributed by atoms with E-state index in [0.717, 1.165) is 5.56 Å². The van der Waals surface area contributed by atoms with E-state index in [1.807, 2.05) is 30.3 Å². The van der Waals surface area contributed by atoms with Crippen molar-refractivity contribution in [2.45, 2.75) is 6.04 Å². The van der Waals surface area contributed by atoms with Gasteiger partial charge >= 0.3 is 0 Å². The van der Waals surface area contributed by atoms with Gasteiger partial charge in [0.1, 0.15) is 5.75 Å². The second-order valence-corrected chi connectivity index (χ2v) is 4.53. The number of rotatable bonds is 4. The largest absolute Gasteiger partial charge is 0.507 e. The maximum atomic E-state index is 9.68. The van der Waals surface area contributed by atoms with Crippen molar-refractivity contribution in [2.75, 3.05) is 6.61 Å². The van der Waals surface area contributed by atoms with Crippen molar-refractivity contribution in [1.82, 2.24) is 0 Å². The first-order valence-corrected chi connectivity index (χ1v) is 6.26. The molecule has 0 unspecified atom stereocenters. The van der Waals surface area contributed by atoms with Crippen LogP contribution in [-0.2, 0) is 0 Å². The number of halogens is 1. The molecule has 0 saturated heterocycles. The molecule has 0 bridgehead atoms. The Morgan fingerprint density at radius 1 is 1.16 bits per heavy atom. The summed E-state index contributed by atoms with van der Waals surface area (Å²) in [5.41, 5.74) is 1.45. The van der Waals surface area contributed by atoms with E-state index >= 15 is 0 Å². The highest BCUT2D eigenvalue weighted by Gasteiger charge is 2.07. The molecule has 0 fully saturated rings. The Hall–Kier alpha value is -1.84. The first-order chi connectivity index (χ1) is 9.20. The van der Waals surface area contributed by atoms with Crippen LogP contribution in [-0.4, -0.2) is 23.0 Å². The number of hydrogen-bond acceptors (Lipinski definition) is 3. The van der Waals surface area contributed by atoms with Gasteiger partial charge in [-0.05, 0) is 23.8 Å². The van der Waals surface area contributed by atoms with Gasteiger partial charge < -0.3 is 10.2 Å². The Balaban J connectivity index is 2.23. The van der Waals surface area contributed by atoms with Gasteiger partial charge in [0.2, 0.25) is 0 Å². The van der Waals surface area contributed by atoms with E-state index in [4.69, 9.17) is 11.6 Å². The molecule has 1 atom stereocenters. The van der Waals surface area contributed by atoms with Crippen LogP contribution >= 0.6 is 11.6 Å². The summed E-state index contributed by atoms with van der Waals surface area (Å²) < 4.78 is 0. The van der Waals surface area contributed by atoms with Gasteiger partial charge in [-0.2, -0.15) is 0 Å². The van der Waals surface area contributed by atoms with Crippen molar-refractivity contribution in [3.63, 3.8) is 0 Å². The molecule has 0 aliphatic heterocycles. The molecule has 0 aliphatic carbocycles. The quantitative estimate of drug-likeness (QED) is 0.842. The third-order valence-electron chi connectivity index (χ3n) is 2.74. The fraction of sp³-hybridized carbons (Fsp3) is 0.133. The number of aliphatic imine (C=N–C) groups is 1. The van der Waals surface area contributed by atoms with Gasteiger partial charge in [-0.15, -0.1) is 0 Å². The van der Waals surface area contributed by atoms with Crippen LogP contribution in [0.25, 0.3) is 0 Å². The van der Waals surface area contributed by atoms with Gasteiger partial charge in [-0.1, -0.05) is 41.9 Å². The molecular formula is C15H14ClNO2. The van der Waals surface area contributed by atoms with Gasteiger partial charge in [-0.25, -0.2) is 0 Å². The Kier molecular flexibility index (Phi) is 4.55. The summed E-state index contributed by atoms with van der Waals surface area (Å²) in [5.74, 6) is 0.109. The van der Waals surface area contributed by atoms with Gasteiger partial charge in [0.15, 0.2) is 0 Å². The predicted molar refractivity (Wildman–Crippen MR) is 77.0 cm³/mol. The van der Waals surface area contributed by atoms with Crippen LogP contribution in [0.15, 0.2) is 53.5 Å². The molecule has 2 rings (SSSR count). The lowest BCUT2D eigenvalue weighted by Gasteiger charge is -2.09. The zero-order valence-electron chi connectivity index (χ0n) is 10.2. The van der Waals surface area contributed by atoms with Crippen LogP contribution in [0.5, 0.6) is 5.75 Å². The second-order valence-electron chi connectivity index (χ2n) is 4.09. The fourth-order valence-corrected chi connectivity index (χ4v) is 1.89. The molecule has 3 nitrogen and oxygen atoms in total. The second kappa shape index (κ2) is 6.36. The third kappa shape index (κ3) is 3.56. The minimum atomic E-state index is -0.348. The van der Waals surface area contributed by atoms with E-state index in [1.165, 1.54) is 12.3 Å². The van der Waals surface area contributed by atoms with Gasteiger partial charge in [-0.3, -0.25) is 4.99 Å². The highest BCUT2D eigenvalue weighted by Crippen LogP contribution is 2.21. The minimum Gasteiger partial charge on any atom is -0.507 e. The number of phenolic OH excluding ortho intramolecular Hbond substituents is 1. The number of benzene rings is 2. The molecule has 0 saturated carbocycles. The monoisotopic (exact) mass is 275 g/mol. The lowest BCUT2D eigenvalue weighted by molar-refractivity contribution is 0.269. The van der Waals surface area contributed by atoms with Crippen molar-refractivity contribution < 1.29 is 10.2 Å². The number of hydrogen-bond donors (Lipinski definition) is 2. The summed E-state index contributed by atoms with van der Waals surface area (Å²) in [6.07, 6.45) is 1.52. The average molecular weight is 276 g/mol. The van der Waals surface area contributed by atoms with E-state index in [0.29, 0.717) is 10.6 Å². The third-order valence-corrected chi connectivity index (χ3v) is 2.98. The summed E-state index contributed by atoms with van der Waals surface area (Å²) in [4.78, 5) is 4.29. The minimum absolute atomic E-state index is 0.0954. The van der Waals surface area contributed by atoms with E-state index < -0.39 is 0 Å². The molecule has 2 N–H and O–H groups in total. The molecule has 4 heteroatoms. The van der Waals surface area contributed by atoms with Gasteiger partial charge in [0.05, 0.1) is 12.6 Å². The fourth-order valence-electron chi connectivity index (χ4n) is 1.71. The molecular weight excluding hydrogens is 262 g/mol. The van der Waals surface area contributed by atoms with Crippen LogP contribution in [0, 0.1) is 0 Å². The van der Waals surface area contributed by atoms with Crippen molar-refractivity contribution in [3.05, 3.63) is 64.7 Å². The number of aliphatic hydroxyl groups excluding tert-OH is 1. The number of aromatic hydroxyl groups is 1. The van der Waals surface area contributed by atoms with Crippen LogP contribution < -0.4 is 0 Å². The topological polar surface area (TPSA) is 52.8 Å². The van der Waals surface area contributed by atoms with Crippen molar-refractivity contribution in [1.29, 1.82) is 0 Å². The summed E-state index contributed by atoms with van der Waals surface area (Å²) >= 11 is 5.86. The molecule has 2 aromatic rings. The molecule has 0 aliphatic rings. The molecule has 0 radical (unpaired) electrons. The molecule has 19 heavy (non-hydrogen) atoms. The normalized spacial score (nSPS) is 12.7. The number of phenols is 1. The molecule has 98 valence electrons. The Labute approximate surface area is 116 Å². The smallest absolute Gasteiger partial charge is 0.124 e. The zero-order chi connectivity index (χ0) is 13.7. The number of aliphatic hydroxyl groups is 1. The lowest BCUT2D eigenvalue weighted by Crippen LogP contribution is -2.01. The molecule has 2 aromatic carbocycles. The molecule has 0 amide bonds. The molecule has 0 heterocycles. The summed E-state index contributed by atoms with van der Waals surface area (Å²) in [5, 5.41) is 19.6. The maximum Gasteiger partial charge on any atom is 0.124 e. The van der Waals surface area contributed by atoms with Crippen molar-refractivity contribution >= 4 is 17.8 Å². The Morgan fingerprint density at radius 2 is 1.89 bits per heavy atom. The van der Waals surface area contributed by atoms with E-state index in [2.05, 4.69) is 4.99 Å². The standard InChI is InChI=1S/C15H14ClNO2/c16-13-6-7-15(19)12(8-13)9-17-14(10-18)11-4-2-1-3-5-11/h1-9,14,18-19H,10H2/t14-/m1/s1. The lowest BCUT2D eigenvalue weighted by atomic mass is 10.1. The maximum absolute atomic E-state index is 9.68. The van der Waals surface area contributed by atoms with E-state index in [9.17, 15) is 10.2 Å². The van der Waals surface area contributed by atoms with Crippen LogP contribution in [0.3, 0.4) is 0 Å². The van der Waals surface area contributed by atoms with Crippen molar-refractivity contribution in [3.8, 4) is 5.75 Å². The first-order valence-electron chi connectivity index (χ1n) is 5.88. The average Bonchev–Trinajstić information content (AvgIpc) is 2.44.